The lowest BCUT2D eigenvalue weighted by Gasteiger charge is -2.13. The van der Waals surface area contributed by atoms with E-state index in [1.165, 1.54) is 12.8 Å². The molecule has 0 saturated heterocycles. The van der Waals surface area contributed by atoms with E-state index in [-0.39, 0.29) is 18.3 Å². The first-order valence-electron chi connectivity index (χ1n) is 7.29. The lowest BCUT2D eigenvalue weighted by Crippen LogP contribution is -2.12. The summed E-state index contributed by atoms with van der Waals surface area (Å²) < 4.78 is 5.90. The molecule has 0 atom stereocenters. The number of pyridine rings is 1. The van der Waals surface area contributed by atoms with Crippen LogP contribution in [-0.2, 0) is 0 Å². The number of nitrogens with zero attached hydrogens (tertiary/aromatic N) is 1. The lowest BCUT2D eigenvalue weighted by molar-refractivity contribution is 0.102. The topological polar surface area (TPSA) is 51.2 Å². The maximum atomic E-state index is 12.0. The van der Waals surface area contributed by atoms with Crippen molar-refractivity contribution in [1.82, 2.24) is 4.98 Å². The molecule has 1 fully saturated rings. The van der Waals surface area contributed by atoms with Crippen LogP contribution in [0.3, 0.4) is 0 Å². The van der Waals surface area contributed by atoms with Crippen LogP contribution >= 0.6 is 12.4 Å². The number of anilines is 1. The maximum Gasteiger partial charge on any atom is 0.255 e. The number of ether oxygens (including phenoxy) is 1. The molecule has 1 aromatic heterocycles. The molecular formula is C17H19ClN2O2. The Hall–Kier alpha value is -2.07. The van der Waals surface area contributed by atoms with Gasteiger partial charge in [0.05, 0.1) is 6.10 Å². The van der Waals surface area contributed by atoms with Crippen molar-refractivity contribution in [1.29, 1.82) is 0 Å². The highest BCUT2D eigenvalue weighted by molar-refractivity contribution is 6.04. The number of carbonyl (C=O) groups is 1. The van der Waals surface area contributed by atoms with Crippen molar-refractivity contribution >= 4 is 24.0 Å². The van der Waals surface area contributed by atoms with E-state index in [2.05, 4.69) is 10.3 Å². The summed E-state index contributed by atoms with van der Waals surface area (Å²) in [5.74, 6) is 0.727. The van der Waals surface area contributed by atoms with Gasteiger partial charge in [0.2, 0.25) is 0 Å². The van der Waals surface area contributed by atoms with E-state index >= 15 is 0 Å². The molecule has 1 aliphatic rings. The molecule has 5 heteroatoms. The van der Waals surface area contributed by atoms with Crippen LogP contribution in [0.4, 0.5) is 5.69 Å². The first-order valence-corrected chi connectivity index (χ1v) is 7.29. The molecule has 1 aromatic carbocycles. The Labute approximate surface area is 136 Å². The summed E-state index contributed by atoms with van der Waals surface area (Å²) in [5.41, 5.74) is 1.35. The molecule has 0 unspecified atom stereocenters. The van der Waals surface area contributed by atoms with Gasteiger partial charge >= 0.3 is 0 Å². The number of benzene rings is 1. The summed E-state index contributed by atoms with van der Waals surface area (Å²) in [5, 5.41) is 2.86. The zero-order valence-electron chi connectivity index (χ0n) is 12.2. The molecule has 0 bridgehead atoms. The number of carbonyl (C=O) groups excluding carboxylic acids is 1. The number of amides is 1. The van der Waals surface area contributed by atoms with Crippen molar-refractivity contribution < 1.29 is 9.53 Å². The summed E-state index contributed by atoms with van der Waals surface area (Å²) in [6.07, 6.45) is 8.35. The zero-order valence-corrected chi connectivity index (χ0v) is 13.0. The van der Waals surface area contributed by atoms with Crippen LogP contribution in [0, 0.1) is 0 Å². The average molecular weight is 319 g/mol. The van der Waals surface area contributed by atoms with E-state index in [1.54, 1.807) is 24.5 Å². The van der Waals surface area contributed by atoms with Crippen molar-refractivity contribution in [3.8, 4) is 5.75 Å². The normalized spacial score (nSPS) is 14.2. The molecular weight excluding hydrogens is 300 g/mol. The van der Waals surface area contributed by atoms with Crippen LogP contribution < -0.4 is 10.1 Å². The second-order valence-electron chi connectivity index (χ2n) is 5.24. The maximum absolute atomic E-state index is 12.0. The molecule has 4 nitrogen and oxygen atoms in total. The minimum absolute atomic E-state index is 0. The second kappa shape index (κ2) is 7.80. The molecule has 1 amide bonds. The molecule has 22 heavy (non-hydrogen) atoms. The SMILES string of the molecule is Cl.O=C(Nc1ccc(OC2CCCC2)cc1)c1ccncc1. The Morgan fingerprint density at radius 2 is 1.68 bits per heavy atom. The van der Waals surface area contributed by atoms with Crippen LogP contribution in [0.25, 0.3) is 0 Å². The van der Waals surface area contributed by atoms with Gasteiger partial charge < -0.3 is 10.1 Å². The van der Waals surface area contributed by atoms with Crippen molar-refractivity contribution in [2.75, 3.05) is 5.32 Å². The van der Waals surface area contributed by atoms with Crippen LogP contribution in [0.5, 0.6) is 5.75 Å². The van der Waals surface area contributed by atoms with E-state index in [4.69, 9.17) is 4.74 Å². The molecule has 0 radical (unpaired) electrons. The fourth-order valence-corrected chi connectivity index (χ4v) is 2.52. The van der Waals surface area contributed by atoms with Gasteiger partial charge in [-0.2, -0.15) is 0 Å². The third kappa shape index (κ3) is 4.21. The number of nitrogens with one attached hydrogen (secondary N) is 1. The molecule has 0 spiro atoms. The highest BCUT2D eigenvalue weighted by Crippen LogP contribution is 2.25. The summed E-state index contributed by atoms with van der Waals surface area (Å²) in [6.45, 7) is 0. The standard InChI is InChI=1S/C17H18N2O2.ClH/c20-17(13-9-11-18-12-10-13)19-14-5-7-16(8-6-14)21-15-3-1-2-4-15;/h5-12,15H,1-4H2,(H,19,20);1H. The summed E-state index contributed by atoms with van der Waals surface area (Å²) in [4.78, 5) is 15.9. The Bertz CT molecular complexity index is 596. The predicted octanol–water partition coefficient (Wildman–Crippen LogP) is 4.08. The first-order chi connectivity index (χ1) is 10.3. The minimum atomic E-state index is -0.137. The second-order valence-corrected chi connectivity index (χ2v) is 5.24. The monoisotopic (exact) mass is 318 g/mol. The Balaban J connectivity index is 0.00000176. The molecule has 1 saturated carbocycles. The Morgan fingerprint density at radius 1 is 1.05 bits per heavy atom. The van der Waals surface area contributed by atoms with E-state index in [0.717, 1.165) is 24.3 Å². The van der Waals surface area contributed by atoms with Crippen LogP contribution in [-0.4, -0.2) is 17.0 Å². The van der Waals surface area contributed by atoms with E-state index in [0.29, 0.717) is 11.7 Å². The summed E-state index contributed by atoms with van der Waals surface area (Å²) in [7, 11) is 0. The van der Waals surface area contributed by atoms with E-state index in [9.17, 15) is 4.79 Å². The summed E-state index contributed by atoms with van der Waals surface area (Å²) >= 11 is 0. The van der Waals surface area contributed by atoms with E-state index < -0.39 is 0 Å². The van der Waals surface area contributed by atoms with Crippen molar-refractivity contribution in [3.63, 3.8) is 0 Å². The van der Waals surface area contributed by atoms with Gasteiger partial charge in [-0.05, 0) is 62.1 Å². The first kappa shape index (κ1) is 16.3. The van der Waals surface area contributed by atoms with Crippen LogP contribution in [0.2, 0.25) is 0 Å². The Morgan fingerprint density at radius 3 is 2.32 bits per heavy atom. The number of aromatic nitrogens is 1. The van der Waals surface area contributed by atoms with Gasteiger partial charge in [-0.15, -0.1) is 12.4 Å². The van der Waals surface area contributed by atoms with Gasteiger partial charge in [0.1, 0.15) is 5.75 Å². The zero-order chi connectivity index (χ0) is 14.5. The minimum Gasteiger partial charge on any atom is -0.490 e. The third-order valence-corrected chi connectivity index (χ3v) is 3.66. The highest BCUT2D eigenvalue weighted by atomic mass is 35.5. The highest BCUT2D eigenvalue weighted by Gasteiger charge is 2.16. The third-order valence-electron chi connectivity index (χ3n) is 3.66. The van der Waals surface area contributed by atoms with E-state index in [1.807, 2.05) is 24.3 Å². The van der Waals surface area contributed by atoms with Crippen molar-refractivity contribution in [2.45, 2.75) is 31.8 Å². The lowest BCUT2D eigenvalue weighted by atomic mass is 10.2. The number of rotatable bonds is 4. The number of hydrogen-bond acceptors (Lipinski definition) is 3. The quantitative estimate of drug-likeness (QED) is 0.924. The van der Waals surface area contributed by atoms with Crippen molar-refractivity contribution in [2.24, 2.45) is 0 Å². The van der Waals surface area contributed by atoms with Crippen LogP contribution in [0.1, 0.15) is 36.0 Å². The molecule has 1 aliphatic carbocycles. The molecule has 1 heterocycles. The molecule has 0 aliphatic heterocycles. The smallest absolute Gasteiger partial charge is 0.255 e. The fourth-order valence-electron chi connectivity index (χ4n) is 2.52. The molecule has 1 N–H and O–H groups in total. The molecule has 2 aromatic rings. The number of halogens is 1. The fraction of sp³-hybridized carbons (Fsp3) is 0.294. The van der Waals surface area contributed by atoms with Gasteiger partial charge in [0.15, 0.2) is 0 Å². The molecule has 116 valence electrons. The van der Waals surface area contributed by atoms with Gasteiger partial charge in [-0.3, -0.25) is 9.78 Å². The number of hydrogen-bond donors (Lipinski definition) is 1. The Kier molecular flexibility index (Phi) is 5.78. The summed E-state index contributed by atoms with van der Waals surface area (Å²) in [6, 6.07) is 10.9. The largest absolute Gasteiger partial charge is 0.490 e. The van der Waals surface area contributed by atoms with Gasteiger partial charge in [-0.1, -0.05) is 0 Å². The predicted molar refractivity (Wildman–Crippen MR) is 88.8 cm³/mol. The van der Waals surface area contributed by atoms with Gasteiger partial charge in [0.25, 0.3) is 5.91 Å². The van der Waals surface area contributed by atoms with Gasteiger partial charge in [-0.25, -0.2) is 0 Å². The molecule has 3 rings (SSSR count). The average Bonchev–Trinajstić information content (AvgIpc) is 3.03. The van der Waals surface area contributed by atoms with Crippen LogP contribution in [0.15, 0.2) is 48.8 Å². The van der Waals surface area contributed by atoms with Gasteiger partial charge in [0, 0.05) is 23.6 Å². The van der Waals surface area contributed by atoms with Crippen molar-refractivity contribution in [3.05, 3.63) is 54.4 Å².